The molecular weight excluding hydrogens is 268 g/mol. The third kappa shape index (κ3) is 3.80. The number of rotatable bonds is 5. The summed E-state index contributed by atoms with van der Waals surface area (Å²) in [4.78, 5) is 6.23. The van der Waals surface area contributed by atoms with E-state index in [0.717, 1.165) is 13.2 Å². The summed E-state index contributed by atoms with van der Waals surface area (Å²) in [5.41, 5.74) is 1.28. The summed E-state index contributed by atoms with van der Waals surface area (Å²) in [5, 5.41) is 5.08. The smallest absolute Gasteiger partial charge is 0.113 e. The second-order valence-electron chi connectivity index (χ2n) is 5.93. The minimum absolute atomic E-state index is 0.0859. The topological polar surface area (TPSA) is 34.1 Å². The molecule has 0 atom stereocenters. The Morgan fingerprint density at radius 2 is 1.80 bits per heavy atom. The van der Waals surface area contributed by atoms with Gasteiger partial charge in [-0.1, -0.05) is 32.1 Å². The van der Waals surface area contributed by atoms with Crippen molar-refractivity contribution in [1.82, 2.24) is 10.3 Å². The van der Waals surface area contributed by atoms with Gasteiger partial charge >= 0.3 is 0 Å². The van der Waals surface area contributed by atoms with Crippen molar-refractivity contribution in [2.24, 2.45) is 0 Å². The lowest BCUT2D eigenvalue weighted by atomic mass is 9.84. The standard InChI is InChI=1S/C16H28N2OS/c1-13-14(2)20-15(18-13)16(17-11-12-19-3)9-7-5-4-6-8-10-16/h17H,4-12H2,1-3H3. The fraction of sp³-hybridized carbons (Fsp3) is 0.812. The summed E-state index contributed by atoms with van der Waals surface area (Å²) < 4.78 is 5.22. The van der Waals surface area contributed by atoms with Gasteiger partial charge in [-0.25, -0.2) is 4.98 Å². The van der Waals surface area contributed by atoms with Gasteiger partial charge < -0.3 is 10.1 Å². The molecule has 1 aromatic rings. The number of nitrogens with zero attached hydrogens (tertiary/aromatic N) is 1. The van der Waals surface area contributed by atoms with Crippen LogP contribution in [-0.4, -0.2) is 25.2 Å². The van der Waals surface area contributed by atoms with Gasteiger partial charge in [-0.3, -0.25) is 0 Å². The van der Waals surface area contributed by atoms with Crippen LogP contribution in [0.3, 0.4) is 0 Å². The molecule has 20 heavy (non-hydrogen) atoms. The first-order chi connectivity index (χ1) is 9.68. The van der Waals surface area contributed by atoms with E-state index in [4.69, 9.17) is 9.72 Å². The Labute approximate surface area is 127 Å². The number of nitrogens with one attached hydrogen (secondary N) is 1. The lowest BCUT2D eigenvalue weighted by Crippen LogP contribution is -2.44. The average Bonchev–Trinajstić information content (AvgIpc) is 2.73. The molecule has 1 saturated carbocycles. The molecule has 0 amide bonds. The van der Waals surface area contributed by atoms with Gasteiger partial charge in [-0.2, -0.15) is 0 Å². The van der Waals surface area contributed by atoms with Crippen molar-refractivity contribution >= 4 is 11.3 Å². The van der Waals surface area contributed by atoms with Crippen molar-refractivity contribution in [3.05, 3.63) is 15.6 Å². The van der Waals surface area contributed by atoms with Crippen LogP contribution in [0.15, 0.2) is 0 Å². The Bertz CT molecular complexity index is 389. The van der Waals surface area contributed by atoms with Gasteiger partial charge in [-0.15, -0.1) is 11.3 Å². The van der Waals surface area contributed by atoms with Crippen LogP contribution in [0, 0.1) is 13.8 Å². The molecule has 2 rings (SSSR count). The molecule has 0 unspecified atom stereocenters. The van der Waals surface area contributed by atoms with E-state index in [9.17, 15) is 0 Å². The highest BCUT2D eigenvalue weighted by Gasteiger charge is 2.34. The molecule has 1 heterocycles. The van der Waals surface area contributed by atoms with Crippen LogP contribution in [0.5, 0.6) is 0 Å². The summed E-state index contributed by atoms with van der Waals surface area (Å²) in [5.74, 6) is 0. The molecule has 114 valence electrons. The molecule has 1 N–H and O–H groups in total. The zero-order chi connectivity index (χ0) is 14.4. The van der Waals surface area contributed by atoms with Gasteiger partial charge in [0.05, 0.1) is 17.8 Å². The fourth-order valence-electron chi connectivity index (χ4n) is 3.04. The Morgan fingerprint density at radius 3 is 2.35 bits per heavy atom. The highest BCUT2D eigenvalue weighted by Crippen LogP contribution is 2.38. The maximum Gasteiger partial charge on any atom is 0.113 e. The van der Waals surface area contributed by atoms with Crippen LogP contribution in [0.1, 0.15) is 60.5 Å². The molecular formula is C16H28N2OS. The number of ether oxygens (including phenoxy) is 1. The molecule has 0 spiro atoms. The number of aryl methyl sites for hydroxylation is 2. The van der Waals surface area contributed by atoms with E-state index < -0.39 is 0 Å². The molecule has 4 heteroatoms. The molecule has 1 aliphatic carbocycles. The quantitative estimate of drug-likeness (QED) is 0.836. The molecule has 1 aromatic heterocycles. The summed E-state index contributed by atoms with van der Waals surface area (Å²) in [6.07, 6.45) is 9.14. The normalized spacial score (nSPS) is 19.6. The predicted molar refractivity (Wildman–Crippen MR) is 85.5 cm³/mol. The van der Waals surface area contributed by atoms with E-state index in [1.54, 1.807) is 7.11 Å². The Balaban J connectivity index is 2.20. The molecule has 0 saturated heterocycles. The van der Waals surface area contributed by atoms with Crippen molar-refractivity contribution in [3.8, 4) is 0 Å². The number of aromatic nitrogens is 1. The van der Waals surface area contributed by atoms with Crippen LogP contribution >= 0.6 is 11.3 Å². The van der Waals surface area contributed by atoms with Gasteiger partial charge in [0.2, 0.25) is 0 Å². The third-order valence-electron chi connectivity index (χ3n) is 4.41. The number of thiazole rings is 1. The van der Waals surface area contributed by atoms with Gasteiger partial charge in [0.1, 0.15) is 5.01 Å². The Hall–Kier alpha value is -0.450. The van der Waals surface area contributed by atoms with E-state index in [-0.39, 0.29) is 5.54 Å². The molecule has 1 fully saturated rings. The van der Waals surface area contributed by atoms with Crippen LogP contribution in [0.25, 0.3) is 0 Å². The first-order valence-corrected chi connectivity index (χ1v) is 8.68. The third-order valence-corrected chi connectivity index (χ3v) is 5.69. The molecule has 3 nitrogen and oxygen atoms in total. The zero-order valence-electron chi connectivity index (χ0n) is 13.1. The number of hydrogen-bond acceptors (Lipinski definition) is 4. The van der Waals surface area contributed by atoms with Crippen molar-refractivity contribution in [2.45, 2.75) is 64.3 Å². The zero-order valence-corrected chi connectivity index (χ0v) is 13.9. The molecule has 0 bridgehead atoms. The average molecular weight is 296 g/mol. The van der Waals surface area contributed by atoms with E-state index in [0.29, 0.717) is 0 Å². The SMILES string of the molecule is COCCNC1(c2nc(C)c(C)s2)CCCCCCC1. The van der Waals surface area contributed by atoms with Gasteiger partial charge in [0, 0.05) is 18.5 Å². The van der Waals surface area contributed by atoms with Crippen LogP contribution in [0.4, 0.5) is 0 Å². The second-order valence-corrected chi connectivity index (χ2v) is 7.13. The first kappa shape index (κ1) is 15.9. The summed E-state index contributed by atoms with van der Waals surface area (Å²) >= 11 is 1.88. The summed E-state index contributed by atoms with van der Waals surface area (Å²) in [7, 11) is 1.77. The van der Waals surface area contributed by atoms with E-state index in [1.807, 2.05) is 11.3 Å². The summed E-state index contributed by atoms with van der Waals surface area (Å²) in [6.45, 7) is 5.99. The Kier molecular flexibility index (Phi) is 6.00. The Morgan fingerprint density at radius 1 is 1.15 bits per heavy atom. The molecule has 0 aliphatic heterocycles. The van der Waals surface area contributed by atoms with Crippen LogP contribution in [0.2, 0.25) is 0 Å². The highest BCUT2D eigenvalue weighted by molar-refractivity contribution is 7.11. The number of hydrogen-bond donors (Lipinski definition) is 1. The van der Waals surface area contributed by atoms with E-state index in [1.165, 1.54) is 60.5 Å². The maximum absolute atomic E-state index is 5.22. The first-order valence-electron chi connectivity index (χ1n) is 7.86. The fourth-order valence-corrected chi connectivity index (χ4v) is 4.18. The minimum Gasteiger partial charge on any atom is -0.383 e. The lowest BCUT2D eigenvalue weighted by Gasteiger charge is -2.35. The predicted octanol–water partition coefficient (Wildman–Crippen LogP) is 3.94. The van der Waals surface area contributed by atoms with Crippen molar-refractivity contribution in [3.63, 3.8) is 0 Å². The second kappa shape index (κ2) is 7.53. The summed E-state index contributed by atoms with van der Waals surface area (Å²) in [6, 6.07) is 0. The molecule has 0 aromatic carbocycles. The van der Waals surface area contributed by atoms with Crippen molar-refractivity contribution in [2.75, 3.05) is 20.3 Å². The highest BCUT2D eigenvalue weighted by atomic mass is 32.1. The lowest BCUT2D eigenvalue weighted by molar-refractivity contribution is 0.171. The van der Waals surface area contributed by atoms with Crippen LogP contribution < -0.4 is 5.32 Å². The van der Waals surface area contributed by atoms with Gasteiger partial charge in [0.25, 0.3) is 0 Å². The van der Waals surface area contributed by atoms with Gasteiger partial charge in [0.15, 0.2) is 0 Å². The maximum atomic E-state index is 5.22. The largest absolute Gasteiger partial charge is 0.383 e. The van der Waals surface area contributed by atoms with E-state index >= 15 is 0 Å². The van der Waals surface area contributed by atoms with Crippen molar-refractivity contribution < 1.29 is 4.74 Å². The molecule has 1 aliphatic rings. The minimum atomic E-state index is 0.0859. The van der Waals surface area contributed by atoms with Crippen molar-refractivity contribution in [1.29, 1.82) is 0 Å². The monoisotopic (exact) mass is 296 g/mol. The molecule has 0 radical (unpaired) electrons. The number of methoxy groups -OCH3 is 1. The van der Waals surface area contributed by atoms with Gasteiger partial charge in [-0.05, 0) is 26.7 Å². The van der Waals surface area contributed by atoms with Crippen LogP contribution in [-0.2, 0) is 10.3 Å². The van der Waals surface area contributed by atoms with E-state index in [2.05, 4.69) is 19.2 Å².